The van der Waals surface area contributed by atoms with Gasteiger partial charge in [0.1, 0.15) is 12.4 Å². The van der Waals surface area contributed by atoms with Crippen molar-refractivity contribution in [2.24, 2.45) is 0 Å². The normalized spacial score (nSPS) is 10.5. The molecular formula is C24H21N3O2. The van der Waals surface area contributed by atoms with Gasteiger partial charge in [0.05, 0.1) is 5.69 Å². The van der Waals surface area contributed by atoms with E-state index >= 15 is 0 Å². The number of para-hydroxylation sites is 1. The van der Waals surface area contributed by atoms with Crippen molar-refractivity contribution in [2.45, 2.75) is 13.2 Å². The summed E-state index contributed by atoms with van der Waals surface area (Å²) in [6, 6.07) is 29.1. The smallest absolute Gasteiger partial charge is 0.272 e. The monoisotopic (exact) mass is 383 g/mol. The number of amides is 1. The molecule has 4 rings (SSSR count). The molecule has 0 aliphatic rings. The summed E-state index contributed by atoms with van der Waals surface area (Å²) in [4.78, 5) is 12.4. The molecule has 0 saturated carbocycles. The molecule has 1 heterocycles. The van der Waals surface area contributed by atoms with Gasteiger partial charge in [-0.05, 0) is 41.5 Å². The molecule has 4 aromatic rings. The first-order chi connectivity index (χ1) is 14.3. The number of rotatable bonds is 7. The Kier molecular flexibility index (Phi) is 5.67. The van der Waals surface area contributed by atoms with Crippen LogP contribution in [-0.2, 0) is 13.2 Å². The number of aromatic nitrogens is 2. The Balaban J connectivity index is 1.34. The van der Waals surface area contributed by atoms with Crippen molar-refractivity contribution in [3.8, 4) is 11.4 Å². The van der Waals surface area contributed by atoms with Crippen LogP contribution < -0.4 is 10.1 Å². The van der Waals surface area contributed by atoms with E-state index in [-0.39, 0.29) is 5.91 Å². The van der Waals surface area contributed by atoms with Gasteiger partial charge in [0.15, 0.2) is 5.69 Å². The summed E-state index contributed by atoms with van der Waals surface area (Å²) >= 11 is 0. The molecule has 0 unspecified atom stereocenters. The SMILES string of the molecule is O=C(NCc1cccc(OCc2ccccc2)c1)c1ccn(-c2ccccc2)n1. The number of nitrogens with zero attached hydrogens (tertiary/aromatic N) is 2. The van der Waals surface area contributed by atoms with Gasteiger partial charge in [-0.1, -0.05) is 60.7 Å². The van der Waals surface area contributed by atoms with E-state index in [0.29, 0.717) is 18.8 Å². The topological polar surface area (TPSA) is 56.1 Å². The van der Waals surface area contributed by atoms with Gasteiger partial charge in [-0.3, -0.25) is 4.79 Å². The summed E-state index contributed by atoms with van der Waals surface area (Å²) in [6.45, 7) is 0.910. The van der Waals surface area contributed by atoms with E-state index < -0.39 is 0 Å². The van der Waals surface area contributed by atoms with Crippen LogP contribution in [0, 0.1) is 0 Å². The Morgan fingerprint density at radius 3 is 2.38 bits per heavy atom. The number of carbonyl (C=O) groups excluding carboxylic acids is 1. The zero-order chi connectivity index (χ0) is 19.9. The second-order valence-corrected chi connectivity index (χ2v) is 6.59. The van der Waals surface area contributed by atoms with Crippen LogP contribution in [0.25, 0.3) is 5.69 Å². The highest BCUT2D eigenvalue weighted by molar-refractivity contribution is 5.92. The van der Waals surface area contributed by atoms with Crippen molar-refractivity contribution in [1.29, 1.82) is 0 Å². The van der Waals surface area contributed by atoms with Crippen LogP contribution in [0.1, 0.15) is 21.6 Å². The van der Waals surface area contributed by atoms with Gasteiger partial charge in [0, 0.05) is 12.7 Å². The maximum absolute atomic E-state index is 12.4. The van der Waals surface area contributed by atoms with Gasteiger partial charge in [-0.2, -0.15) is 5.10 Å². The molecule has 0 bridgehead atoms. The van der Waals surface area contributed by atoms with Gasteiger partial charge in [-0.25, -0.2) is 4.68 Å². The highest BCUT2D eigenvalue weighted by Crippen LogP contribution is 2.15. The molecular weight excluding hydrogens is 362 g/mol. The Bertz CT molecular complexity index is 1080. The molecule has 0 spiro atoms. The van der Waals surface area contributed by atoms with E-state index in [0.717, 1.165) is 22.6 Å². The minimum Gasteiger partial charge on any atom is -0.489 e. The van der Waals surface area contributed by atoms with Crippen LogP contribution in [0.3, 0.4) is 0 Å². The zero-order valence-electron chi connectivity index (χ0n) is 15.9. The second kappa shape index (κ2) is 8.89. The number of hydrogen-bond donors (Lipinski definition) is 1. The summed E-state index contributed by atoms with van der Waals surface area (Å²) in [5.41, 5.74) is 3.37. The maximum Gasteiger partial charge on any atom is 0.272 e. The predicted molar refractivity (Wildman–Crippen MR) is 112 cm³/mol. The summed E-state index contributed by atoms with van der Waals surface area (Å²) in [7, 11) is 0. The molecule has 5 nitrogen and oxygen atoms in total. The molecule has 0 radical (unpaired) electrons. The molecule has 1 N–H and O–H groups in total. The fourth-order valence-electron chi connectivity index (χ4n) is 2.93. The van der Waals surface area contributed by atoms with E-state index in [1.54, 1.807) is 16.9 Å². The van der Waals surface area contributed by atoms with Crippen LogP contribution in [-0.4, -0.2) is 15.7 Å². The Morgan fingerprint density at radius 1 is 0.862 bits per heavy atom. The summed E-state index contributed by atoms with van der Waals surface area (Å²) < 4.78 is 7.54. The van der Waals surface area contributed by atoms with Crippen molar-refractivity contribution in [3.63, 3.8) is 0 Å². The van der Waals surface area contributed by atoms with Gasteiger partial charge >= 0.3 is 0 Å². The van der Waals surface area contributed by atoms with E-state index in [2.05, 4.69) is 10.4 Å². The number of carbonyl (C=O) groups is 1. The lowest BCUT2D eigenvalue weighted by Gasteiger charge is -2.09. The van der Waals surface area contributed by atoms with Crippen molar-refractivity contribution < 1.29 is 9.53 Å². The van der Waals surface area contributed by atoms with E-state index in [4.69, 9.17) is 4.74 Å². The first-order valence-corrected chi connectivity index (χ1v) is 9.43. The zero-order valence-corrected chi connectivity index (χ0v) is 15.9. The molecule has 0 saturated heterocycles. The molecule has 0 aliphatic heterocycles. The van der Waals surface area contributed by atoms with Crippen molar-refractivity contribution in [3.05, 3.63) is 114 Å². The molecule has 1 amide bonds. The van der Waals surface area contributed by atoms with Gasteiger partial charge in [0.2, 0.25) is 0 Å². The van der Waals surface area contributed by atoms with Crippen LogP contribution in [0.4, 0.5) is 0 Å². The van der Waals surface area contributed by atoms with Crippen LogP contribution in [0.2, 0.25) is 0 Å². The first-order valence-electron chi connectivity index (χ1n) is 9.43. The maximum atomic E-state index is 12.4. The van der Waals surface area contributed by atoms with E-state index in [1.165, 1.54) is 0 Å². The fourth-order valence-corrected chi connectivity index (χ4v) is 2.93. The molecule has 1 aromatic heterocycles. The summed E-state index contributed by atoms with van der Waals surface area (Å²) in [5, 5.41) is 7.26. The Labute approximate surface area is 169 Å². The van der Waals surface area contributed by atoms with Crippen molar-refractivity contribution >= 4 is 5.91 Å². The third kappa shape index (κ3) is 4.90. The Morgan fingerprint density at radius 2 is 1.59 bits per heavy atom. The average molecular weight is 383 g/mol. The highest BCUT2D eigenvalue weighted by atomic mass is 16.5. The minimum absolute atomic E-state index is 0.213. The summed E-state index contributed by atoms with van der Waals surface area (Å²) in [5.74, 6) is 0.559. The quantitative estimate of drug-likeness (QED) is 0.515. The number of hydrogen-bond acceptors (Lipinski definition) is 3. The van der Waals surface area contributed by atoms with E-state index in [9.17, 15) is 4.79 Å². The highest BCUT2D eigenvalue weighted by Gasteiger charge is 2.10. The van der Waals surface area contributed by atoms with Crippen molar-refractivity contribution in [2.75, 3.05) is 0 Å². The van der Waals surface area contributed by atoms with E-state index in [1.807, 2.05) is 84.9 Å². The lowest BCUT2D eigenvalue weighted by atomic mass is 10.2. The van der Waals surface area contributed by atoms with Gasteiger partial charge in [0.25, 0.3) is 5.91 Å². The van der Waals surface area contributed by atoms with Gasteiger partial charge in [-0.15, -0.1) is 0 Å². The molecule has 144 valence electrons. The number of ether oxygens (including phenoxy) is 1. The molecule has 5 heteroatoms. The largest absolute Gasteiger partial charge is 0.489 e. The molecule has 3 aromatic carbocycles. The second-order valence-electron chi connectivity index (χ2n) is 6.59. The molecule has 0 fully saturated rings. The molecule has 29 heavy (non-hydrogen) atoms. The third-order valence-electron chi connectivity index (χ3n) is 4.44. The summed E-state index contributed by atoms with van der Waals surface area (Å²) in [6.07, 6.45) is 1.78. The predicted octanol–water partition coefficient (Wildman–Crippen LogP) is 4.38. The minimum atomic E-state index is -0.213. The third-order valence-corrected chi connectivity index (χ3v) is 4.44. The average Bonchev–Trinajstić information content (AvgIpc) is 3.28. The fraction of sp³-hybridized carbons (Fsp3) is 0.0833. The lowest BCUT2D eigenvalue weighted by molar-refractivity contribution is 0.0945. The van der Waals surface area contributed by atoms with Crippen molar-refractivity contribution in [1.82, 2.24) is 15.1 Å². The van der Waals surface area contributed by atoms with Crippen LogP contribution in [0.5, 0.6) is 5.75 Å². The number of benzene rings is 3. The lowest BCUT2D eigenvalue weighted by Crippen LogP contribution is -2.23. The number of nitrogens with one attached hydrogen (secondary N) is 1. The van der Waals surface area contributed by atoms with Crippen LogP contribution >= 0.6 is 0 Å². The molecule has 0 aliphatic carbocycles. The molecule has 0 atom stereocenters. The first kappa shape index (κ1) is 18.5. The standard InChI is InChI=1S/C24H21N3O2/c28-24(23-14-15-27(26-23)21-11-5-2-6-12-21)25-17-20-10-7-13-22(16-20)29-18-19-8-3-1-4-9-19/h1-16H,17-18H2,(H,25,28). The van der Waals surface area contributed by atoms with Crippen LogP contribution in [0.15, 0.2) is 97.2 Å². The van der Waals surface area contributed by atoms with Gasteiger partial charge < -0.3 is 10.1 Å². The Hall–Kier alpha value is -3.86.